The van der Waals surface area contributed by atoms with Crippen molar-refractivity contribution in [2.45, 2.75) is 46.3 Å². The molecule has 0 radical (unpaired) electrons. The number of rotatable bonds is 13. The Kier molecular flexibility index (Phi) is 11.0. The second-order valence-corrected chi connectivity index (χ2v) is 8.87. The van der Waals surface area contributed by atoms with Gasteiger partial charge in [-0.15, -0.1) is 0 Å². The summed E-state index contributed by atoms with van der Waals surface area (Å²) in [6, 6.07) is 9.05. The first-order valence-corrected chi connectivity index (χ1v) is 11.5. The highest BCUT2D eigenvalue weighted by Gasteiger charge is 2.15. The first kappa shape index (κ1) is 24.1. The van der Waals surface area contributed by atoms with Crippen LogP contribution in [0.4, 0.5) is 5.69 Å². The summed E-state index contributed by atoms with van der Waals surface area (Å²) in [6.45, 7) is 16.4. The maximum Gasteiger partial charge on any atom is 0.0822 e. The van der Waals surface area contributed by atoms with E-state index in [0.717, 1.165) is 58.3 Å². The van der Waals surface area contributed by atoms with Crippen molar-refractivity contribution >= 4 is 5.69 Å². The van der Waals surface area contributed by atoms with Gasteiger partial charge in [0.2, 0.25) is 0 Å². The Morgan fingerprint density at radius 1 is 1.10 bits per heavy atom. The van der Waals surface area contributed by atoms with E-state index in [0.29, 0.717) is 0 Å². The number of methoxy groups -OCH3 is 1. The molecular weight excluding hydrogens is 360 g/mol. The third-order valence-electron chi connectivity index (χ3n) is 6.00. The van der Waals surface area contributed by atoms with Crippen LogP contribution < -0.4 is 10.2 Å². The highest BCUT2D eigenvalue weighted by Crippen LogP contribution is 2.17. The summed E-state index contributed by atoms with van der Waals surface area (Å²) in [5.74, 6) is 0.788. The van der Waals surface area contributed by atoms with Gasteiger partial charge in [-0.1, -0.05) is 32.9 Å². The summed E-state index contributed by atoms with van der Waals surface area (Å²) < 4.78 is 5.74. The van der Waals surface area contributed by atoms with Gasteiger partial charge >= 0.3 is 0 Å². The van der Waals surface area contributed by atoms with Crippen molar-refractivity contribution in [2.75, 3.05) is 71.4 Å². The highest BCUT2D eigenvalue weighted by atomic mass is 16.5. The summed E-state index contributed by atoms with van der Waals surface area (Å²) in [5.41, 5.74) is 2.68. The Morgan fingerprint density at radius 2 is 1.79 bits per heavy atom. The van der Waals surface area contributed by atoms with Crippen LogP contribution >= 0.6 is 0 Å². The van der Waals surface area contributed by atoms with E-state index in [2.05, 4.69) is 72.1 Å². The van der Waals surface area contributed by atoms with Crippen molar-refractivity contribution in [3.8, 4) is 0 Å². The van der Waals surface area contributed by atoms with Gasteiger partial charge in [-0.2, -0.15) is 0 Å². The second-order valence-electron chi connectivity index (χ2n) is 8.87. The largest absolute Gasteiger partial charge is 0.379 e. The summed E-state index contributed by atoms with van der Waals surface area (Å²) >= 11 is 0. The quantitative estimate of drug-likeness (QED) is 0.545. The summed E-state index contributed by atoms with van der Waals surface area (Å²) in [5, 5.41) is 3.59. The van der Waals surface area contributed by atoms with Gasteiger partial charge in [0.15, 0.2) is 0 Å². The van der Waals surface area contributed by atoms with Crippen LogP contribution in [-0.4, -0.2) is 82.4 Å². The van der Waals surface area contributed by atoms with Crippen LogP contribution in [0.5, 0.6) is 0 Å². The molecule has 1 aromatic carbocycles. The lowest BCUT2D eigenvalue weighted by Gasteiger charge is -2.34. The fourth-order valence-electron chi connectivity index (χ4n) is 3.88. The molecule has 29 heavy (non-hydrogen) atoms. The van der Waals surface area contributed by atoms with Gasteiger partial charge in [0.05, 0.1) is 6.10 Å². The number of nitrogens with one attached hydrogen (secondary N) is 1. The number of ether oxygens (including phenoxy) is 1. The van der Waals surface area contributed by atoms with Gasteiger partial charge in [0.25, 0.3) is 0 Å². The minimum Gasteiger partial charge on any atom is -0.379 e. The molecule has 0 spiro atoms. The molecule has 1 saturated heterocycles. The molecule has 0 saturated carbocycles. The fraction of sp³-hybridized carbons (Fsp3) is 0.750. The molecule has 1 heterocycles. The van der Waals surface area contributed by atoms with E-state index in [-0.39, 0.29) is 6.10 Å². The van der Waals surface area contributed by atoms with Gasteiger partial charge < -0.3 is 24.8 Å². The van der Waals surface area contributed by atoms with Crippen LogP contribution in [0, 0.1) is 5.92 Å². The van der Waals surface area contributed by atoms with Gasteiger partial charge in [0.1, 0.15) is 0 Å². The van der Waals surface area contributed by atoms with Gasteiger partial charge in [0, 0.05) is 58.6 Å². The van der Waals surface area contributed by atoms with E-state index in [1.54, 1.807) is 0 Å². The zero-order valence-corrected chi connectivity index (χ0v) is 19.5. The van der Waals surface area contributed by atoms with Gasteiger partial charge in [-0.3, -0.25) is 0 Å². The Bertz CT molecular complexity index is 540. The van der Waals surface area contributed by atoms with E-state index in [1.165, 1.54) is 30.6 Å². The molecular formula is C24H44N4O. The van der Waals surface area contributed by atoms with E-state index >= 15 is 0 Å². The molecule has 0 bridgehead atoms. The summed E-state index contributed by atoms with van der Waals surface area (Å²) in [6.07, 6.45) is 2.81. The van der Waals surface area contributed by atoms with Crippen molar-refractivity contribution in [1.82, 2.24) is 15.1 Å². The number of anilines is 1. The first-order valence-electron chi connectivity index (χ1n) is 11.5. The first-order chi connectivity index (χ1) is 14.0. The molecule has 5 nitrogen and oxygen atoms in total. The number of hydrogen-bond donors (Lipinski definition) is 1. The molecule has 0 aromatic heterocycles. The molecule has 1 N–H and O–H groups in total. The minimum atomic E-state index is 0.235. The highest BCUT2D eigenvalue weighted by molar-refractivity contribution is 5.48. The van der Waals surface area contributed by atoms with E-state index in [9.17, 15) is 0 Å². The molecule has 0 amide bonds. The summed E-state index contributed by atoms with van der Waals surface area (Å²) in [7, 11) is 4.03. The average molecular weight is 405 g/mol. The number of likely N-dealkylation sites (N-methyl/N-ethyl adjacent to an activating group) is 2. The molecule has 0 aliphatic carbocycles. The molecule has 0 unspecified atom stereocenters. The van der Waals surface area contributed by atoms with E-state index in [1.807, 2.05) is 7.11 Å². The fourth-order valence-corrected chi connectivity index (χ4v) is 3.88. The van der Waals surface area contributed by atoms with Crippen LogP contribution in [0.15, 0.2) is 24.3 Å². The predicted octanol–water partition coefficient (Wildman–Crippen LogP) is 3.30. The van der Waals surface area contributed by atoms with Gasteiger partial charge in [-0.25, -0.2) is 0 Å². The van der Waals surface area contributed by atoms with E-state index < -0.39 is 0 Å². The van der Waals surface area contributed by atoms with Crippen LogP contribution in [-0.2, 0) is 11.3 Å². The monoisotopic (exact) mass is 404 g/mol. The molecule has 2 rings (SSSR count). The van der Waals surface area contributed by atoms with Crippen LogP contribution in [0.25, 0.3) is 0 Å². The zero-order valence-electron chi connectivity index (χ0n) is 19.5. The zero-order chi connectivity index (χ0) is 21.1. The van der Waals surface area contributed by atoms with Crippen molar-refractivity contribution in [3.63, 3.8) is 0 Å². The molecule has 1 fully saturated rings. The lowest BCUT2D eigenvalue weighted by molar-refractivity contribution is 0.0643. The molecule has 1 aliphatic rings. The molecule has 5 heteroatoms. The molecule has 1 aromatic rings. The summed E-state index contributed by atoms with van der Waals surface area (Å²) in [4.78, 5) is 7.39. The Balaban J connectivity index is 1.71. The van der Waals surface area contributed by atoms with Crippen molar-refractivity contribution < 1.29 is 4.74 Å². The Hall–Kier alpha value is -1.14. The third kappa shape index (κ3) is 9.04. The lowest BCUT2D eigenvalue weighted by Crippen LogP contribution is -2.44. The van der Waals surface area contributed by atoms with Crippen LogP contribution in [0.1, 0.15) is 39.2 Å². The number of hydrogen-bond acceptors (Lipinski definition) is 5. The third-order valence-corrected chi connectivity index (χ3v) is 6.00. The number of benzene rings is 1. The van der Waals surface area contributed by atoms with Crippen molar-refractivity contribution in [2.24, 2.45) is 5.92 Å². The molecule has 166 valence electrons. The molecule has 1 aliphatic heterocycles. The molecule has 1 atom stereocenters. The van der Waals surface area contributed by atoms with Crippen molar-refractivity contribution in [3.05, 3.63) is 29.8 Å². The van der Waals surface area contributed by atoms with Crippen LogP contribution in [0.3, 0.4) is 0 Å². The predicted molar refractivity (Wildman–Crippen MR) is 125 cm³/mol. The minimum absolute atomic E-state index is 0.235. The number of piperazine rings is 1. The Morgan fingerprint density at radius 3 is 2.38 bits per heavy atom. The smallest absolute Gasteiger partial charge is 0.0822 e. The maximum absolute atomic E-state index is 5.74. The lowest BCUT2D eigenvalue weighted by atomic mass is 10.1. The topological polar surface area (TPSA) is 31.0 Å². The number of nitrogens with zero attached hydrogens (tertiary/aromatic N) is 3. The Labute approximate surface area is 179 Å². The van der Waals surface area contributed by atoms with Crippen LogP contribution in [0.2, 0.25) is 0 Å². The van der Waals surface area contributed by atoms with E-state index in [4.69, 9.17) is 4.74 Å². The van der Waals surface area contributed by atoms with Crippen molar-refractivity contribution in [1.29, 1.82) is 0 Å². The average Bonchev–Trinajstić information content (AvgIpc) is 2.72. The maximum atomic E-state index is 5.74. The normalized spacial score (nSPS) is 16.7. The second kappa shape index (κ2) is 13.2. The SMILES string of the molecule is CCN(CCCC(C)C)C[C@@H](CNCc1ccc(N2CCN(C)CC2)cc1)OC. The standard InChI is InChI=1S/C24H44N4O/c1-6-27(13-7-8-21(2)3)20-24(29-5)19-25-18-22-9-11-23(12-10-22)28-16-14-26(4)15-17-28/h9-12,21,24-25H,6-8,13-20H2,1-5H3/t24-/m1/s1. The van der Waals surface area contributed by atoms with Gasteiger partial charge in [-0.05, 0) is 56.6 Å².